The number of nitrogens with one attached hydrogen (secondary N) is 1. The summed E-state index contributed by atoms with van der Waals surface area (Å²) in [7, 11) is 0. The van der Waals surface area contributed by atoms with Gasteiger partial charge in [-0.05, 0) is 31.7 Å². The van der Waals surface area contributed by atoms with Crippen molar-refractivity contribution in [2.45, 2.75) is 20.4 Å². The Labute approximate surface area is 93.9 Å². The van der Waals surface area contributed by atoms with Gasteiger partial charge in [-0.15, -0.1) is 11.3 Å². The van der Waals surface area contributed by atoms with E-state index in [2.05, 4.69) is 30.6 Å². The van der Waals surface area contributed by atoms with Crippen LogP contribution in [0, 0.1) is 6.92 Å². The zero-order chi connectivity index (χ0) is 10.7. The fourth-order valence-electron chi connectivity index (χ4n) is 1.45. The molecule has 0 aliphatic heterocycles. The maximum absolute atomic E-state index is 5.73. The minimum atomic E-state index is 0.805. The van der Waals surface area contributed by atoms with Crippen molar-refractivity contribution in [1.29, 1.82) is 0 Å². The van der Waals surface area contributed by atoms with Gasteiger partial charge in [0.15, 0.2) is 0 Å². The minimum absolute atomic E-state index is 0.805. The second-order valence-electron chi connectivity index (χ2n) is 3.49. The monoisotopic (exact) mass is 221 g/mol. The Bertz CT molecular complexity index is 430. The van der Waals surface area contributed by atoms with Gasteiger partial charge in [0, 0.05) is 15.8 Å². The van der Waals surface area contributed by atoms with E-state index < -0.39 is 0 Å². The number of rotatable bonds is 4. The Morgan fingerprint density at radius 3 is 2.93 bits per heavy atom. The van der Waals surface area contributed by atoms with E-state index in [0.717, 1.165) is 24.6 Å². The maximum atomic E-state index is 5.73. The van der Waals surface area contributed by atoms with Crippen LogP contribution in [0.3, 0.4) is 0 Å². The van der Waals surface area contributed by atoms with Gasteiger partial charge in [-0.1, -0.05) is 6.92 Å². The first kappa shape index (κ1) is 10.5. The zero-order valence-corrected chi connectivity index (χ0v) is 9.86. The molecule has 0 spiro atoms. The lowest BCUT2D eigenvalue weighted by molar-refractivity contribution is 0.498. The van der Waals surface area contributed by atoms with Crippen LogP contribution in [0.25, 0.3) is 11.3 Å². The SMILES string of the molecule is CCNCc1ccc(-c2csc(C)c2)o1. The minimum Gasteiger partial charge on any atom is -0.460 e. The molecule has 0 amide bonds. The van der Waals surface area contributed by atoms with Crippen LogP contribution in [0.15, 0.2) is 28.0 Å². The summed E-state index contributed by atoms with van der Waals surface area (Å²) in [5, 5.41) is 5.37. The van der Waals surface area contributed by atoms with Gasteiger partial charge in [-0.25, -0.2) is 0 Å². The molecular formula is C12H15NOS. The number of hydrogen-bond donors (Lipinski definition) is 1. The number of furan rings is 1. The van der Waals surface area contributed by atoms with Crippen molar-refractivity contribution in [2.75, 3.05) is 6.54 Å². The van der Waals surface area contributed by atoms with Crippen molar-refractivity contribution in [3.05, 3.63) is 34.2 Å². The molecule has 0 aromatic carbocycles. The van der Waals surface area contributed by atoms with Gasteiger partial charge in [-0.2, -0.15) is 0 Å². The smallest absolute Gasteiger partial charge is 0.135 e. The molecule has 2 aromatic rings. The highest BCUT2D eigenvalue weighted by molar-refractivity contribution is 7.10. The summed E-state index contributed by atoms with van der Waals surface area (Å²) >= 11 is 1.75. The van der Waals surface area contributed by atoms with Crippen molar-refractivity contribution in [3.8, 4) is 11.3 Å². The van der Waals surface area contributed by atoms with E-state index in [4.69, 9.17) is 4.42 Å². The Hall–Kier alpha value is -1.06. The molecule has 0 bridgehead atoms. The molecule has 80 valence electrons. The van der Waals surface area contributed by atoms with Gasteiger partial charge < -0.3 is 9.73 Å². The lowest BCUT2D eigenvalue weighted by Crippen LogP contribution is -2.10. The molecule has 0 aliphatic rings. The molecular weight excluding hydrogens is 206 g/mol. The molecule has 0 saturated heterocycles. The molecule has 0 unspecified atom stereocenters. The van der Waals surface area contributed by atoms with E-state index in [9.17, 15) is 0 Å². The molecule has 2 heterocycles. The lowest BCUT2D eigenvalue weighted by atomic mass is 10.2. The molecule has 15 heavy (non-hydrogen) atoms. The average molecular weight is 221 g/mol. The Morgan fingerprint density at radius 2 is 2.27 bits per heavy atom. The summed E-state index contributed by atoms with van der Waals surface area (Å²) in [6, 6.07) is 6.22. The first-order valence-corrected chi connectivity index (χ1v) is 6.02. The summed E-state index contributed by atoms with van der Waals surface area (Å²) in [6.07, 6.45) is 0. The normalized spacial score (nSPS) is 10.8. The molecule has 2 nitrogen and oxygen atoms in total. The molecule has 0 radical (unpaired) electrons. The van der Waals surface area contributed by atoms with Gasteiger partial charge in [-0.3, -0.25) is 0 Å². The van der Waals surface area contributed by atoms with Crippen LogP contribution in [0.1, 0.15) is 17.6 Å². The van der Waals surface area contributed by atoms with Crippen LogP contribution in [-0.2, 0) is 6.54 Å². The van der Waals surface area contributed by atoms with Gasteiger partial charge in [0.05, 0.1) is 6.54 Å². The standard InChI is InChI=1S/C12H15NOS/c1-3-13-7-11-4-5-12(14-11)10-6-9(2)15-8-10/h4-6,8,13H,3,7H2,1-2H3. The van der Waals surface area contributed by atoms with Crippen LogP contribution >= 0.6 is 11.3 Å². The van der Waals surface area contributed by atoms with E-state index >= 15 is 0 Å². The third-order valence-electron chi connectivity index (χ3n) is 2.23. The fourth-order valence-corrected chi connectivity index (χ4v) is 2.14. The van der Waals surface area contributed by atoms with Crippen molar-refractivity contribution < 1.29 is 4.42 Å². The summed E-state index contributed by atoms with van der Waals surface area (Å²) in [6.45, 7) is 5.97. The lowest BCUT2D eigenvalue weighted by Gasteiger charge is -1.96. The Morgan fingerprint density at radius 1 is 1.40 bits per heavy atom. The van der Waals surface area contributed by atoms with Crippen LogP contribution in [0.2, 0.25) is 0 Å². The molecule has 2 aromatic heterocycles. The largest absolute Gasteiger partial charge is 0.460 e. The van der Waals surface area contributed by atoms with Crippen LogP contribution in [0.5, 0.6) is 0 Å². The number of aryl methyl sites for hydroxylation is 1. The zero-order valence-electron chi connectivity index (χ0n) is 9.04. The molecule has 0 fully saturated rings. The molecule has 3 heteroatoms. The van der Waals surface area contributed by atoms with Gasteiger partial charge in [0.1, 0.15) is 11.5 Å². The Balaban J connectivity index is 2.13. The summed E-state index contributed by atoms with van der Waals surface area (Å²) in [5.41, 5.74) is 1.18. The van der Waals surface area contributed by atoms with Crippen LogP contribution < -0.4 is 5.32 Å². The van der Waals surface area contributed by atoms with Crippen LogP contribution in [0.4, 0.5) is 0 Å². The third kappa shape index (κ3) is 2.49. The summed E-state index contributed by atoms with van der Waals surface area (Å²) in [5.74, 6) is 1.96. The molecule has 0 saturated carbocycles. The summed E-state index contributed by atoms with van der Waals surface area (Å²) < 4.78 is 5.73. The van der Waals surface area contributed by atoms with Gasteiger partial charge in [0.25, 0.3) is 0 Å². The first-order valence-electron chi connectivity index (χ1n) is 5.14. The van der Waals surface area contributed by atoms with Gasteiger partial charge >= 0.3 is 0 Å². The van der Waals surface area contributed by atoms with E-state index in [1.165, 1.54) is 10.4 Å². The van der Waals surface area contributed by atoms with Crippen molar-refractivity contribution in [3.63, 3.8) is 0 Å². The van der Waals surface area contributed by atoms with Crippen molar-refractivity contribution in [1.82, 2.24) is 5.32 Å². The number of thiophene rings is 1. The average Bonchev–Trinajstić information content (AvgIpc) is 2.83. The predicted octanol–water partition coefficient (Wildman–Crippen LogP) is 3.43. The second-order valence-corrected chi connectivity index (χ2v) is 4.61. The van der Waals surface area contributed by atoms with E-state index in [1.807, 2.05) is 12.1 Å². The molecule has 2 rings (SSSR count). The number of hydrogen-bond acceptors (Lipinski definition) is 3. The third-order valence-corrected chi connectivity index (χ3v) is 3.09. The van der Waals surface area contributed by atoms with E-state index in [-0.39, 0.29) is 0 Å². The highest BCUT2D eigenvalue weighted by atomic mass is 32.1. The fraction of sp³-hybridized carbons (Fsp3) is 0.333. The Kier molecular flexibility index (Phi) is 3.23. The molecule has 0 aliphatic carbocycles. The predicted molar refractivity (Wildman–Crippen MR) is 64.1 cm³/mol. The van der Waals surface area contributed by atoms with Gasteiger partial charge in [0.2, 0.25) is 0 Å². The second kappa shape index (κ2) is 4.64. The maximum Gasteiger partial charge on any atom is 0.135 e. The highest BCUT2D eigenvalue weighted by Gasteiger charge is 2.05. The van der Waals surface area contributed by atoms with Crippen LogP contribution in [-0.4, -0.2) is 6.54 Å². The highest BCUT2D eigenvalue weighted by Crippen LogP contribution is 2.26. The van der Waals surface area contributed by atoms with E-state index in [0.29, 0.717) is 0 Å². The quantitative estimate of drug-likeness (QED) is 0.855. The molecule has 1 N–H and O–H groups in total. The topological polar surface area (TPSA) is 25.2 Å². The van der Waals surface area contributed by atoms with E-state index in [1.54, 1.807) is 11.3 Å². The summed E-state index contributed by atoms with van der Waals surface area (Å²) in [4.78, 5) is 1.31. The van der Waals surface area contributed by atoms with Crippen molar-refractivity contribution >= 4 is 11.3 Å². The first-order chi connectivity index (χ1) is 7.29. The van der Waals surface area contributed by atoms with Crippen molar-refractivity contribution in [2.24, 2.45) is 0 Å². The molecule has 0 atom stereocenters.